The van der Waals surface area contributed by atoms with E-state index in [1.165, 1.54) is 0 Å². The molecule has 1 heterocycles. The smallest absolute Gasteiger partial charge is 0.261 e. The summed E-state index contributed by atoms with van der Waals surface area (Å²) in [6, 6.07) is 9.21. The van der Waals surface area contributed by atoms with Gasteiger partial charge in [0.05, 0.1) is 5.69 Å². The normalized spacial score (nSPS) is 19.1. The SMILES string of the molecule is Cc1ccc(NC(=O)[C@H]2C(=O)N(c3ccc(C)c(C)c3)C(=O)[C@H]2N=N)cc1C. The van der Waals surface area contributed by atoms with E-state index in [2.05, 4.69) is 10.4 Å². The molecule has 1 aliphatic heterocycles. The Kier molecular flexibility index (Phi) is 5.09. The highest BCUT2D eigenvalue weighted by Crippen LogP contribution is 2.31. The Morgan fingerprint density at radius 2 is 1.54 bits per heavy atom. The molecule has 2 aromatic carbocycles. The molecular weight excluding hydrogens is 356 g/mol. The van der Waals surface area contributed by atoms with E-state index in [1.54, 1.807) is 30.3 Å². The number of imide groups is 1. The van der Waals surface area contributed by atoms with Crippen molar-refractivity contribution in [3.63, 3.8) is 0 Å². The van der Waals surface area contributed by atoms with Crippen molar-refractivity contribution in [3.05, 3.63) is 58.7 Å². The van der Waals surface area contributed by atoms with Crippen LogP contribution in [0.3, 0.4) is 0 Å². The summed E-state index contributed by atoms with van der Waals surface area (Å²) < 4.78 is 0. The van der Waals surface area contributed by atoms with Gasteiger partial charge in [-0.2, -0.15) is 5.11 Å². The summed E-state index contributed by atoms with van der Waals surface area (Å²) in [5, 5.41) is 5.97. The Balaban J connectivity index is 1.91. The molecule has 0 aromatic heterocycles. The van der Waals surface area contributed by atoms with Crippen LogP contribution < -0.4 is 10.2 Å². The lowest BCUT2D eigenvalue weighted by molar-refractivity contribution is -0.129. The minimum atomic E-state index is -1.37. The lowest BCUT2D eigenvalue weighted by Gasteiger charge is -2.16. The van der Waals surface area contributed by atoms with Gasteiger partial charge in [0.15, 0.2) is 12.0 Å². The van der Waals surface area contributed by atoms with Crippen LogP contribution in [0.15, 0.2) is 41.5 Å². The number of anilines is 2. The summed E-state index contributed by atoms with van der Waals surface area (Å²) in [7, 11) is 0. The molecule has 2 aromatic rings. The summed E-state index contributed by atoms with van der Waals surface area (Å²) in [5.74, 6) is -3.35. The molecule has 3 rings (SSSR count). The van der Waals surface area contributed by atoms with E-state index in [9.17, 15) is 14.4 Å². The first-order valence-electron chi connectivity index (χ1n) is 8.94. The molecule has 0 bridgehead atoms. The monoisotopic (exact) mass is 378 g/mol. The average Bonchev–Trinajstić information content (AvgIpc) is 2.90. The van der Waals surface area contributed by atoms with Crippen molar-refractivity contribution < 1.29 is 14.4 Å². The summed E-state index contributed by atoms with van der Waals surface area (Å²) in [5.41, 5.74) is 12.3. The molecule has 0 radical (unpaired) electrons. The highest BCUT2D eigenvalue weighted by Gasteiger charge is 2.52. The molecule has 0 aliphatic carbocycles. The number of rotatable bonds is 4. The fraction of sp³-hybridized carbons (Fsp3) is 0.286. The fourth-order valence-electron chi connectivity index (χ4n) is 3.20. The van der Waals surface area contributed by atoms with E-state index in [-0.39, 0.29) is 0 Å². The van der Waals surface area contributed by atoms with Crippen molar-refractivity contribution in [1.29, 1.82) is 5.53 Å². The van der Waals surface area contributed by atoms with Gasteiger partial charge in [0.1, 0.15) is 0 Å². The van der Waals surface area contributed by atoms with Gasteiger partial charge in [-0.05, 0) is 74.2 Å². The lowest BCUT2D eigenvalue weighted by Crippen LogP contribution is -2.35. The van der Waals surface area contributed by atoms with Crippen molar-refractivity contribution in [2.75, 3.05) is 10.2 Å². The Morgan fingerprint density at radius 3 is 2.11 bits per heavy atom. The van der Waals surface area contributed by atoms with Gasteiger partial charge in [-0.25, -0.2) is 10.4 Å². The molecule has 3 amide bonds. The number of amides is 3. The Morgan fingerprint density at radius 1 is 0.929 bits per heavy atom. The van der Waals surface area contributed by atoms with Crippen LogP contribution in [0.25, 0.3) is 0 Å². The zero-order valence-electron chi connectivity index (χ0n) is 16.2. The second-order valence-electron chi connectivity index (χ2n) is 7.12. The molecule has 2 atom stereocenters. The van der Waals surface area contributed by atoms with Crippen molar-refractivity contribution in [2.24, 2.45) is 11.0 Å². The maximum absolute atomic E-state index is 12.9. The largest absolute Gasteiger partial charge is 0.325 e. The van der Waals surface area contributed by atoms with Crippen LogP contribution in [0.4, 0.5) is 11.4 Å². The van der Waals surface area contributed by atoms with E-state index in [0.717, 1.165) is 27.2 Å². The van der Waals surface area contributed by atoms with E-state index in [4.69, 9.17) is 5.53 Å². The van der Waals surface area contributed by atoms with E-state index < -0.39 is 29.7 Å². The summed E-state index contributed by atoms with van der Waals surface area (Å²) >= 11 is 0. The number of carbonyl (C=O) groups excluding carboxylic acids is 3. The molecule has 1 fully saturated rings. The number of benzene rings is 2. The second-order valence-corrected chi connectivity index (χ2v) is 7.12. The predicted molar refractivity (Wildman–Crippen MR) is 105 cm³/mol. The van der Waals surface area contributed by atoms with Crippen LogP contribution in [0, 0.1) is 39.1 Å². The van der Waals surface area contributed by atoms with E-state index in [1.807, 2.05) is 33.8 Å². The molecule has 7 nitrogen and oxygen atoms in total. The number of hydrogen-bond donors (Lipinski definition) is 2. The first kappa shape index (κ1) is 19.4. The zero-order valence-corrected chi connectivity index (χ0v) is 16.2. The van der Waals surface area contributed by atoms with Crippen LogP contribution in [0.5, 0.6) is 0 Å². The molecule has 1 saturated heterocycles. The molecule has 1 aliphatic rings. The third kappa shape index (κ3) is 3.31. The van der Waals surface area contributed by atoms with E-state index >= 15 is 0 Å². The summed E-state index contributed by atoms with van der Waals surface area (Å²) in [6.07, 6.45) is 0. The number of carbonyl (C=O) groups is 3. The van der Waals surface area contributed by atoms with Crippen molar-refractivity contribution in [1.82, 2.24) is 0 Å². The van der Waals surface area contributed by atoms with Gasteiger partial charge in [0.2, 0.25) is 11.8 Å². The highest BCUT2D eigenvalue weighted by molar-refractivity contribution is 6.30. The van der Waals surface area contributed by atoms with Crippen LogP contribution in [-0.2, 0) is 14.4 Å². The number of nitrogens with zero attached hydrogens (tertiary/aromatic N) is 2. The predicted octanol–water partition coefficient (Wildman–Crippen LogP) is 3.45. The third-order valence-corrected chi connectivity index (χ3v) is 5.22. The minimum absolute atomic E-state index is 0.383. The highest BCUT2D eigenvalue weighted by atomic mass is 16.2. The van der Waals surface area contributed by atoms with Gasteiger partial charge in [-0.3, -0.25) is 14.4 Å². The Hall–Kier alpha value is -3.35. The average molecular weight is 378 g/mol. The first-order chi connectivity index (χ1) is 13.2. The number of nitrogens with one attached hydrogen (secondary N) is 2. The standard InChI is InChI=1S/C21H22N4O3/c1-11-5-7-15(9-13(11)3)23-19(26)17-18(24-22)21(28)25(20(17)27)16-8-6-12(2)14(4)10-16/h5-10,17-18,22H,1-4H3,(H,23,26)/t17-,18-/m0/s1. The maximum Gasteiger partial charge on any atom is 0.261 e. The second kappa shape index (κ2) is 7.34. The molecule has 0 saturated carbocycles. The van der Waals surface area contributed by atoms with Gasteiger partial charge in [0, 0.05) is 5.69 Å². The van der Waals surface area contributed by atoms with Crippen LogP contribution in [0.1, 0.15) is 22.3 Å². The molecule has 28 heavy (non-hydrogen) atoms. The van der Waals surface area contributed by atoms with E-state index in [0.29, 0.717) is 11.4 Å². The van der Waals surface area contributed by atoms with Crippen LogP contribution >= 0.6 is 0 Å². The third-order valence-electron chi connectivity index (χ3n) is 5.22. The van der Waals surface area contributed by atoms with Crippen LogP contribution in [-0.4, -0.2) is 23.8 Å². The Bertz CT molecular complexity index is 999. The maximum atomic E-state index is 12.9. The zero-order chi connectivity index (χ0) is 20.6. The van der Waals surface area contributed by atoms with Crippen LogP contribution in [0.2, 0.25) is 0 Å². The van der Waals surface area contributed by atoms with Crippen molar-refractivity contribution >= 4 is 29.1 Å². The minimum Gasteiger partial charge on any atom is -0.325 e. The molecule has 0 unspecified atom stereocenters. The topological polar surface area (TPSA) is 103 Å². The van der Waals surface area contributed by atoms with Gasteiger partial charge in [-0.15, -0.1) is 0 Å². The van der Waals surface area contributed by atoms with Gasteiger partial charge >= 0.3 is 0 Å². The number of aryl methyl sites for hydroxylation is 4. The molecule has 7 heteroatoms. The van der Waals surface area contributed by atoms with Gasteiger partial charge in [0.25, 0.3) is 5.91 Å². The molecular formula is C21H22N4O3. The van der Waals surface area contributed by atoms with Gasteiger partial charge < -0.3 is 5.32 Å². The number of hydrogen-bond acceptors (Lipinski definition) is 5. The van der Waals surface area contributed by atoms with Gasteiger partial charge in [-0.1, -0.05) is 12.1 Å². The summed E-state index contributed by atoms with van der Waals surface area (Å²) in [6.45, 7) is 7.67. The molecule has 2 N–H and O–H groups in total. The lowest BCUT2D eigenvalue weighted by atomic mass is 10.0. The fourth-order valence-corrected chi connectivity index (χ4v) is 3.20. The molecule has 144 valence electrons. The Labute approximate surface area is 163 Å². The quantitative estimate of drug-likeness (QED) is 0.484. The first-order valence-corrected chi connectivity index (χ1v) is 8.94. The molecule has 0 spiro atoms. The summed E-state index contributed by atoms with van der Waals surface area (Å²) in [4.78, 5) is 39.4. The van der Waals surface area contributed by atoms with Crippen molar-refractivity contribution in [2.45, 2.75) is 33.7 Å². The van der Waals surface area contributed by atoms with Crippen molar-refractivity contribution in [3.8, 4) is 0 Å².